The van der Waals surface area contributed by atoms with Gasteiger partial charge in [0.05, 0.1) is 12.1 Å². The number of unbranched alkanes of at least 4 members (excludes halogenated alkanes) is 15. The second-order valence-electron chi connectivity index (χ2n) is 10.5. The Labute approximate surface area is 226 Å². The molecule has 2 aromatic carbocycles. The van der Waals surface area contributed by atoms with E-state index >= 15 is 0 Å². The second kappa shape index (κ2) is 18.6. The van der Waals surface area contributed by atoms with Crippen molar-refractivity contribution in [3.63, 3.8) is 0 Å². The number of hydrogen-bond acceptors (Lipinski definition) is 2. The van der Waals surface area contributed by atoms with Gasteiger partial charge in [-0.05, 0) is 41.8 Å². The predicted molar refractivity (Wildman–Crippen MR) is 162 cm³/mol. The Bertz CT molecular complexity index is 1000. The summed E-state index contributed by atoms with van der Waals surface area (Å²) in [5, 5.41) is 1.18. The van der Waals surface area contributed by atoms with Crippen molar-refractivity contribution in [3.05, 3.63) is 71.9 Å². The first-order valence-electron chi connectivity index (χ1n) is 15.1. The minimum atomic E-state index is 0.816. The molecule has 0 unspecified atom stereocenters. The van der Waals surface area contributed by atoms with Gasteiger partial charge in [0, 0.05) is 11.6 Å². The molecule has 2 heteroatoms. The van der Waals surface area contributed by atoms with Crippen LogP contribution in [0.15, 0.2) is 60.8 Å². The van der Waals surface area contributed by atoms with E-state index in [4.69, 9.17) is 4.74 Å². The molecule has 200 valence electrons. The normalized spacial score (nSPS) is 11.5. The molecular formula is C35H49NO. The zero-order valence-electron chi connectivity index (χ0n) is 23.3. The van der Waals surface area contributed by atoms with Gasteiger partial charge in [-0.2, -0.15) is 0 Å². The molecule has 3 rings (SSSR count). The SMILES string of the molecule is CCCCCCCCCCCCCCCCCCOc1ccc(/C=C/c2ccnc3ccccc23)cc1. The van der Waals surface area contributed by atoms with Crippen LogP contribution in [0, 0.1) is 0 Å². The Morgan fingerprint density at radius 1 is 0.595 bits per heavy atom. The van der Waals surface area contributed by atoms with Gasteiger partial charge in [0.15, 0.2) is 0 Å². The van der Waals surface area contributed by atoms with Crippen LogP contribution in [0.2, 0.25) is 0 Å². The zero-order chi connectivity index (χ0) is 25.8. The highest BCUT2D eigenvalue weighted by Crippen LogP contribution is 2.20. The van der Waals surface area contributed by atoms with Crippen molar-refractivity contribution in [2.45, 2.75) is 110 Å². The number of benzene rings is 2. The van der Waals surface area contributed by atoms with Crippen LogP contribution in [0.3, 0.4) is 0 Å². The third-order valence-electron chi connectivity index (χ3n) is 7.28. The summed E-state index contributed by atoms with van der Waals surface area (Å²) in [6, 6.07) is 18.7. The maximum Gasteiger partial charge on any atom is 0.119 e. The van der Waals surface area contributed by atoms with Crippen molar-refractivity contribution in [1.29, 1.82) is 0 Å². The van der Waals surface area contributed by atoms with Crippen LogP contribution < -0.4 is 4.74 Å². The number of ether oxygens (including phenoxy) is 1. The molecule has 0 aliphatic heterocycles. The molecule has 1 aromatic heterocycles. The van der Waals surface area contributed by atoms with Crippen molar-refractivity contribution in [2.75, 3.05) is 6.61 Å². The van der Waals surface area contributed by atoms with Gasteiger partial charge in [0.25, 0.3) is 0 Å². The number of rotatable bonds is 20. The van der Waals surface area contributed by atoms with Gasteiger partial charge in [0.1, 0.15) is 5.75 Å². The maximum atomic E-state index is 5.97. The third-order valence-corrected chi connectivity index (χ3v) is 7.28. The van der Waals surface area contributed by atoms with E-state index in [0.717, 1.165) is 24.3 Å². The molecule has 0 aliphatic carbocycles. The van der Waals surface area contributed by atoms with Gasteiger partial charge >= 0.3 is 0 Å². The fraction of sp³-hybridized carbons (Fsp3) is 0.514. The molecule has 0 amide bonds. The summed E-state index contributed by atoms with van der Waals surface area (Å²) in [6.07, 6.45) is 28.5. The largest absolute Gasteiger partial charge is 0.494 e. The molecule has 3 aromatic rings. The fourth-order valence-electron chi connectivity index (χ4n) is 4.96. The molecule has 0 spiro atoms. The van der Waals surface area contributed by atoms with Crippen molar-refractivity contribution in [1.82, 2.24) is 4.98 Å². The Hall–Kier alpha value is -2.61. The average molecular weight is 500 g/mol. The number of pyridine rings is 1. The number of para-hydroxylation sites is 1. The third kappa shape index (κ3) is 12.0. The fourth-order valence-corrected chi connectivity index (χ4v) is 4.96. The summed E-state index contributed by atoms with van der Waals surface area (Å²) in [7, 11) is 0. The Morgan fingerprint density at radius 3 is 1.78 bits per heavy atom. The summed E-state index contributed by atoms with van der Waals surface area (Å²) < 4.78 is 5.97. The van der Waals surface area contributed by atoms with Gasteiger partial charge < -0.3 is 4.74 Å². The summed E-state index contributed by atoms with van der Waals surface area (Å²) in [6.45, 7) is 3.11. The smallest absolute Gasteiger partial charge is 0.119 e. The van der Waals surface area contributed by atoms with E-state index in [1.807, 2.05) is 12.3 Å². The molecule has 37 heavy (non-hydrogen) atoms. The van der Waals surface area contributed by atoms with Crippen LogP contribution in [0.25, 0.3) is 23.1 Å². The first-order chi connectivity index (χ1) is 18.4. The molecule has 0 N–H and O–H groups in total. The van der Waals surface area contributed by atoms with Crippen LogP contribution in [0.4, 0.5) is 0 Å². The minimum absolute atomic E-state index is 0.816. The Balaban J connectivity index is 1.17. The lowest BCUT2D eigenvalue weighted by Crippen LogP contribution is -1.97. The molecule has 2 nitrogen and oxygen atoms in total. The van der Waals surface area contributed by atoms with E-state index in [1.165, 1.54) is 113 Å². The first kappa shape index (κ1) is 29.0. The molecule has 0 atom stereocenters. The van der Waals surface area contributed by atoms with Gasteiger partial charge in [-0.3, -0.25) is 4.98 Å². The number of nitrogens with zero attached hydrogens (tertiary/aromatic N) is 1. The lowest BCUT2D eigenvalue weighted by molar-refractivity contribution is 0.304. The van der Waals surface area contributed by atoms with E-state index in [-0.39, 0.29) is 0 Å². The van der Waals surface area contributed by atoms with Crippen LogP contribution in [0.1, 0.15) is 121 Å². The molecule has 0 bridgehead atoms. The van der Waals surface area contributed by atoms with Crippen molar-refractivity contribution >= 4 is 23.1 Å². The average Bonchev–Trinajstić information content (AvgIpc) is 2.94. The van der Waals surface area contributed by atoms with E-state index < -0.39 is 0 Å². The van der Waals surface area contributed by atoms with Crippen LogP contribution in [0.5, 0.6) is 5.75 Å². The summed E-state index contributed by atoms with van der Waals surface area (Å²) in [5.41, 5.74) is 3.40. The molecular weight excluding hydrogens is 450 g/mol. The van der Waals surface area contributed by atoms with E-state index in [0.29, 0.717) is 0 Å². The molecule has 0 saturated carbocycles. The topological polar surface area (TPSA) is 22.1 Å². The van der Waals surface area contributed by atoms with E-state index in [2.05, 4.69) is 72.6 Å². The van der Waals surface area contributed by atoms with Crippen molar-refractivity contribution in [3.8, 4) is 5.75 Å². The predicted octanol–water partition coefficient (Wildman–Crippen LogP) is 11.0. The molecule has 1 heterocycles. The highest BCUT2D eigenvalue weighted by molar-refractivity contribution is 5.90. The summed E-state index contributed by atoms with van der Waals surface area (Å²) in [5.74, 6) is 0.965. The molecule has 0 saturated heterocycles. The Kier molecular flexibility index (Phi) is 14.6. The van der Waals surface area contributed by atoms with Crippen LogP contribution in [-0.2, 0) is 0 Å². The quantitative estimate of drug-likeness (QED) is 0.144. The Morgan fingerprint density at radius 2 is 1.16 bits per heavy atom. The van der Waals surface area contributed by atoms with E-state index in [9.17, 15) is 0 Å². The molecule has 0 fully saturated rings. The molecule has 0 aliphatic rings. The van der Waals surface area contributed by atoms with Gasteiger partial charge in [-0.15, -0.1) is 0 Å². The highest BCUT2D eigenvalue weighted by atomic mass is 16.5. The zero-order valence-corrected chi connectivity index (χ0v) is 23.3. The van der Waals surface area contributed by atoms with Crippen molar-refractivity contribution < 1.29 is 4.74 Å². The minimum Gasteiger partial charge on any atom is -0.494 e. The van der Waals surface area contributed by atoms with E-state index in [1.54, 1.807) is 0 Å². The summed E-state index contributed by atoms with van der Waals surface area (Å²) >= 11 is 0. The number of aromatic nitrogens is 1. The van der Waals surface area contributed by atoms with Gasteiger partial charge in [0.2, 0.25) is 0 Å². The maximum absolute atomic E-state index is 5.97. The number of fused-ring (bicyclic) bond motifs is 1. The van der Waals surface area contributed by atoms with Crippen LogP contribution >= 0.6 is 0 Å². The van der Waals surface area contributed by atoms with Gasteiger partial charge in [-0.25, -0.2) is 0 Å². The number of hydrogen-bond donors (Lipinski definition) is 0. The molecule has 0 radical (unpaired) electrons. The summed E-state index contributed by atoms with van der Waals surface area (Å²) in [4.78, 5) is 4.44. The monoisotopic (exact) mass is 499 g/mol. The first-order valence-corrected chi connectivity index (χ1v) is 15.1. The lowest BCUT2D eigenvalue weighted by atomic mass is 10.0. The van der Waals surface area contributed by atoms with Crippen molar-refractivity contribution in [2.24, 2.45) is 0 Å². The van der Waals surface area contributed by atoms with Crippen LogP contribution in [-0.4, -0.2) is 11.6 Å². The lowest BCUT2D eigenvalue weighted by Gasteiger charge is -2.07. The second-order valence-corrected chi connectivity index (χ2v) is 10.5. The standard InChI is InChI=1S/C35H49NO/c1-2-3-4-5-6-7-8-9-10-11-12-13-14-15-16-19-30-37-33-26-23-31(24-27-33)22-25-32-28-29-36-35-21-18-17-20-34(32)35/h17-18,20-29H,2-16,19,30H2,1H3/b25-22+. The van der Waals surface area contributed by atoms with Gasteiger partial charge in [-0.1, -0.05) is 146 Å². The highest BCUT2D eigenvalue weighted by Gasteiger charge is 1.99.